The number of sulfonamides is 1. The summed E-state index contributed by atoms with van der Waals surface area (Å²) < 4.78 is 45.4. The Morgan fingerprint density at radius 1 is 1.18 bits per heavy atom. The number of amides is 1. The highest BCUT2D eigenvalue weighted by Crippen LogP contribution is 2.29. The number of methoxy groups -OCH3 is 2. The fourth-order valence-corrected chi connectivity index (χ4v) is 4.86. The smallest absolute Gasteiger partial charge is 0.419 e. The first kappa shape index (κ1) is 24.7. The van der Waals surface area contributed by atoms with Crippen LogP contribution in [-0.4, -0.2) is 51.2 Å². The van der Waals surface area contributed by atoms with Gasteiger partial charge in [0.15, 0.2) is 5.58 Å². The molecule has 2 aromatic carbocycles. The van der Waals surface area contributed by atoms with E-state index in [0.29, 0.717) is 28.5 Å². The second-order valence-electron chi connectivity index (χ2n) is 7.07. The summed E-state index contributed by atoms with van der Waals surface area (Å²) in [6.45, 7) is 0. The average molecular weight is 496 g/mol. The molecule has 0 bridgehead atoms. The van der Waals surface area contributed by atoms with Crippen molar-refractivity contribution >= 4 is 44.5 Å². The maximum Gasteiger partial charge on any atom is 0.419 e. The maximum atomic E-state index is 13.1. The quantitative estimate of drug-likeness (QED) is 0.438. The Bertz CT molecular complexity index is 1320. The first-order valence-electron chi connectivity index (χ1n) is 9.84. The number of anilines is 1. The SMILES string of the molecule is COc1ccc(OC)c(NC(=O)C(CCSC)NS(=O)(=O)c2ccc3c(c2)oc(=O)n3C)c1. The van der Waals surface area contributed by atoms with E-state index >= 15 is 0 Å². The molecule has 3 rings (SSSR count). The Kier molecular flexibility index (Phi) is 7.72. The molecule has 0 saturated carbocycles. The van der Waals surface area contributed by atoms with Crippen molar-refractivity contribution in [2.24, 2.45) is 7.05 Å². The van der Waals surface area contributed by atoms with Crippen LogP contribution >= 0.6 is 11.8 Å². The van der Waals surface area contributed by atoms with Crippen molar-refractivity contribution in [3.8, 4) is 11.5 Å². The van der Waals surface area contributed by atoms with Crippen molar-refractivity contribution < 1.29 is 27.1 Å². The van der Waals surface area contributed by atoms with Crippen LogP contribution in [0.3, 0.4) is 0 Å². The molecule has 178 valence electrons. The van der Waals surface area contributed by atoms with E-state index in [-0.39, 0.29) is 16.9 Å². The van der Waals surface area contributed by atoms with Gasteiger partial charge < -0.3 is 19.2 Å². The van der Waals surface area contributed by atoms with Crippen molar-refractivity contribution in [3.63, 3.8) is 0 Å². The number of hydrogen-bond acceptors (Lipinski definition) is 8. The fourth-order valence-electron chi connectivity index (χ4n) is 3.15. The third-order valence-corrected chi connectivity index (χ3v) is 7.08. The van der Waals surface area contributed by atoms with Gasteiger partial charge in [-0.1, -0.05) is 0 Å². The maximum absolute atomic E-state index is 13.1. The minimum Gasteiger partial charge on any atom is -0.497 e. The van der Waals surface area contributed by atoms with Gasteiger partial charge in [-0.15, -0.1) is 0 Å². The second kappa shape index (κ2) is 10.3. The highest BCUT2D eigenvalue weighted by Gasteiger charge is 2.27. The number of carbonyl (C=O) groups excluding carboxylic acids is 1. The van der Waals surface area contributed by atoms with Gasteiger partial charge in [-0.3, -0.25) is 9.36 Å². The fraction of sp³-hybridized carbons (Fsp3) is 0.333. The van der Waals surface area contributed by atoms with E-state index in [1.165, 1.54) is 55.8 Å². The number of thioether (sulfide) groups is 1. The normalized spacial score (nSPS) is 12.5. The number of aryl methyl sites for hydroxylation is 1. The molecule has 2 N–H and O–H groups in total. The summed E-state index contributed by atoms with van der Waals surface area (Å²) in [4.78, 5) is 24.6. The van der Waals surface area contributed by atoms with E-state index in [4.69, 9.17) is 13.9 Å². The van der Waals surface area contributed by atoms with E-state index < -0.39 is 27.7 Å². The lowest BCUT2D eigenvalue weighted by atomic mass is 10.2. The van der Waals surface area contributed by atoms with Gasteiger partial charge in [-0.2, -0.15) is 16.5 Å². The molecule has 10 nitrogen and oxygen atoms in total. The Balaban J connectivity index is 1.88. The first-order valence-corrected chi connectivity index (χ1v) is 12.7. The van der Waals surface area contributed by atoms with Crippen LogP contribution in [0.4, 0.5) is 5.69 Å². The lowest BCUT2D eigenvalue weighted by molar-refractivity contribution is -0.117. The van der Waals surface area contributed by atoms with Gasteiger partial charge in [0.25, 0.3) is 0 Å². The number of nitrogens with zero attached hydrogens (tertiary/aromatic N) is 1. The summed E-state index contributed by atoms with van der Waals surface area (Å²) in [5, 5.41) is 2.72. The first-order chi connectivity index (χ1) is 15.7. The van der Waals surface area contributed by atoms with Crippen LogP contribution in [0, 0.1) is 0 Å². The van der Waals surface area contributed by atoms with E-state index in [1.54, 1.807) is 18.2 Å². The summed E-state index contributed by atoms with van der Waals surface area (Å²) in [6, 6.07) is 7.94. The Morgan fingerprint density at radius 2 is 1.94 bits per heavy atom. The van der Waals surface area contributed by atoms with Gasteiger partial charge in [-0.25, -0.2) is 13.2 Å². The topological polar surface area (TPSA) is 129 Å². The predicted molar refractivity (Wildman–Crippen MR) is 127 cm³/mol. The zero-order valence-corrected chi connectivity index (χ0v) is 20.2. The molecule has 0 aliphatic heterocycles. The number of oxazole rings is 1. The molecule has 1 aromatic heterocycles. The molecule has 0 saturated heterocycles. The molecular weight excluding hydrogens is 470 g/mol. The molecule has 1 heterocycles. The number of carbonyl (C=O) groups is 1. The lowest BCUT2D eigenvalue weighted by Gasteiger charge is -2.19. The van der Waals surface area contributed by atoms with Crippen molar-refractivity contribution in [2.75, 3.05) is 31.5 Å². The molecule has 1 atom stereocenters. The largest absolute Gasteiger partial charge is 0.497 e. The monoisotopic (exact) mass is 495 g/mol. The third-order valence-electron chi connectivity index (χ3n) is 4.96. The highest BCUT2D eigenvalue weighted by atomic mass is 32.2. The van der Waals surface area contributed by atoms with Crippen molar-refractivity contribution in [1.82, 2.24) is 9.29 Å². The standard InChI is InChI=1S/C21H25N3O7S2/c1-24-17-7-6-14(12-19(17)31-21(24)26)33(27,28)23-15(9-10-32-4)20(25)22-16-11-13(29-2)5-8-18(16)30-3/h5-8,11-12,15,23H,9-10H2,1-4H3,(H,22,25). The minimum absolute atomic E-state index is 0.120. The molecule has 0 aliphatic rings. The molecule has 1 amide bonds. The van der Waals surface area contributed by atoms with Crippen LogP contribution in [0.2, 0.25) is 0 Å². The number of fused-ring (bicyclic) bond motifs is 1. The van der Waals surface area contributed by atoms with Crippen LogP contribution < -0.4 is 25.3 Å². The third kappa shape index (κ3) is 5.52. The van der Waals surface area contributed by atoms with Crippen LogP contribution in [0.5, 0.6) is 11.5 Å². The van der Waals surface area contributed by atoms with E-state index in [9.17, 15) is 18.0 Å². The molecule has 0 aliphatic carbocycles. The van der Waals surface area contributed by atoms with Gasteiger partial charge in [0, 0.05) is 19.2 Å². The molecule has 33 heavy (non-hydrogen) atoms. The van der Waals surface area contributed by atoms with Gasteiger partial charge in [0.1, 0.15) is 17.5 Å². The van der Waals surface area contributed by atoms with Gasteiger partial charge in [-0.05, 0) is 42.7 Å². The minimum atomic E-state index is -4.10. The number of hydrogen-bond donors (Lipinski definition) is 2. The van der Waals surface area contributed by atoms with Crippen LogP contribution in [-0.2, 0) is 21.9 Å². The van der Waals surface area contributed by atoms with Gasteiger partial charge >= 0.3 is 5.76 Å². The number of nitrogens with one attached hydrogen (secondary N) is 2. The molecule has 0 spiro atoms. The zero-order chi connectivity index (χ0) is 24.2. The Labute approximate surface area is 195 Å². The Hall–Kier alpha value is -2.96. The number of benzene rings is 2. The molecule has 3 aromatic rings. The molecule has 0 fully saturated rings. The molecule has 12 heteroatoms. The van der Waals surface area contributed by atoms with Crippen molar-refractivity contribution in [3.05, 3.63) is 46.9 Å². The average Bonchev–Trinajstić information content (AvgIpc) is 3.09. The number of ether oxygens (including phenoxy) is 2. The zero-order valence-electron chi connectivity index (χ0n) is 18.6. The number of aromatic nitrogens is 1. The van der Waals surface area contributed by atoms with Crippen LogP contribution in [0.25, 0.3) is 11.1 Å². The molecule has 0 radical (unpaired) electrons. The van der Waals surface area contributed by atoms with Crippen LogP contribution in [0.15, 0.2) is 50.5 Å². The van der Waals surface area contributed by atoms with E-state index in [0.717, 1.165) is 0 Å². The summed E-state index contributed by atoms with van der Waals surface area (Å²) in [7, 11) is 0.382. The van der Waals surface area contributed by atoms with Crippen molar-refractivity contribution in [2.45, 2.75) is 17.4 Å². The van der Waals surface area contributed by atoms with Crippen LogP contribution in [0.1, 0.15) is 6.42 Å². The number of rotatable bonds is 10. The van der Waals surface area contributed by atoms with E-state index in [1.807, 2.05) is 6.26 Å². The highest BCUT2D eigenvalue weighted by molar-refractivity contribution is 7.98. The molecule has 1 unspecified atom stereocenters. The summed E-state index contributed by atoms with van der Waals surface area (Å²) in [5.74, 6) is 0.302. The van der Waals surface area contributed by atoms with Gasteiger partial charge in [0.05, 0.1) is 30.3 Å². The molecular formula is C21H25N3O7S2. The lowest BCUT2D eigenvalue weighted by Crippen LogP contribution is -2.44. The van der Waals surface area contributed by atoms with Crippen molar-refractivity contribution in [1.29, 1.82) is 0 Å². The van der Waals surface area contributed by atoms with Gasteiger partial charge in [0.2, 0.25) is 15.9 Å². The summed E-state index contributed by atoms with van der Waals surface area (Å²) >= 11 is 1.48. The van der Waals surface area contributed by atoms with E-state index in [2.05, 4.69) is 10.0 Å². The predicted octanol–water partition coefficient (Wildman–Crippen LogP) is 2.19. The Morgan fingerprint density at radius 3 is 2.61 bits per heavy atom. The second-order valence-corrected chi connectivity index (χ2v) is 9.77. The summed E-state index contributed by atoms with van der Waals surface area (Å²) in [6.07, 6.45) is 2.11. The summed E-state index contributed by atoms with van der Waals surface area (Å²) in [5.41, 5.74) is 0.944.